The van der Waals surface area contributed by atoms with Crippen LogP contribution in [0.1, 0.15) is 38.8 Å². The largest absolute Gasteiger partial charge is 0.464 e. The van der Waals surface area contributed by atoms with Gasteiger partial charge in [0, 0.05) is 11.4 Å². The Morgan fingerprint density at radius 3 is 2.59 bits per heavy atom. The van der Waals surface area contributed by atoms with Crippen molar-refractivity contribution in [3.8, 4) is 0 Å². The quantitative estimate of drug-likeness (QED) is 0.857. The third-order valence-electron chi connectivity index (χ3n) is 3.04. The highest BCUT2D eigenvalue weighted by Gasteiger charge is 2.17. The molecule has 1 unspecified atom stereocenters. The van der Waals surface area contributed by atoms with E-state index >= 15 is 0 Å². The standard InChI is InChI=1S/C15H21NO/c1-10(16)7-12-9-13(15(2,3)4)8-11-5-6-17-14(11)12/h5-6,8-10H,7,16H2,1-4H3. The highest BCUT2D eigenvalue weighted by molar-refractivity contribution is 5.81. The molecule has 1 aromatic carbocycles. The molecule has 2 heteroatoms. The molecule has 0 radical (unpaired) electrons. The van der Waals surface area contributed by atoms with Gasteiger partial charge in [0.1, 0.15) is 5.58 Å². The average Bonchev–Trinajstić information content (AvgIpc) is 2.62. The number of hydrogen-bond acceptors (Lipinski definition) is 2. The predicted octanol–water partition coefficient (Wildman–Crippen LogP) is 3.62. The fourth-order valence-electron chi connectivity index (χ4n) is 2.09. The molecule has 0 saturated heterocycles. The second kappa shape index (κ2) is 4.19. The Bertz CT molecular complexity index is 517. The zero-order valence-electron chi connectivity index (χ0n) is 11.1. The van der Waals surface area contributed by atoms with Crippen LogP contribution in [0.3, 0.4) is 0 Å². The summed E-state index contributed by atoms with van der Waals surface area (Å²) in [4.78, 5) is 0. The van der Waals surface area contributed by atoms with Gasteiger partial charge in [0.25, 0.3) is 0 Å². The van der Waals surface area contributed by atoms with Crippen molar-refractivity contribution in [3.05, 3.63) is 35.6 Å². The molecular weight excluding hydrogens is 210 g/mol. The Hall–Kier alpha value is -1.28. The Balaban J connectivity index is 2.58. The van der Waals surface area contributed by atoms with Crippen molar-refractivity contribution >= 4 is 11.0 Å². The molecule has 2 rings (SSSR count). The van der Waals surface area contributed by atoms with E-state index in [0.717, 1.165) is 12.0 Å². The Morgan fingerprint density at radius 2 is 2.00 bits per heavy atom. The van der Waals surface area contributed by atoms with Gasteiger partial charge < -0.3 is 10.2 Å². The lowest BCUT2D eigenvalue weighted by Gasteiger charge is -2.20. The minimum Gasteiger partial charge on any atom is -0.464 e. The van der Waals surface area contributed by atoms with Crippen LogP contribution >= 0.6 is 0 Å². The van der Waals surface area contributed by atoms with E-state index in [4.69, 9.17) is 10.2 Å². The van der Waals surface area contributed by atoms with E-state index in [1.165, 1.54) is 16.5 Å². The fourth-order valence-corrected chi connectivity index (χ4v) is 2.09. The molecule has 1 heterocycles. The van der Waals surface area contributed by atoms with E-state index in [2.05, 4.69) is 32.9 Å². The van der Waals surface area contributed by atoms with Crippen molar-refractivity contribution in [1.82, 2.24) is 0 Å². The first-order valence-electron chi connectivity index (χ1n) is 6.14. The number of hydrogen-bond donors (Lipinski definition) is 1. The lowest BCUT2D eigenvalue weighted by atomic mass is 9.85. The number of rotatable bonds is 2. The zero-order valence-corrected chi connectivity index (χ0v) is 11.1. The van der Waals surface area contributed by atoms with Gasteiger partial charge in [0.05, 0.1) is 6.26 Å². The highest BCUT2D eigenvalue weighted by Crippen LogP contribution is 2.30. The molecule has 0 aliphatic carbocycles. The molecule has 0 bridgehead atoms. The van der Waals surface area contributed by atoms with Gasteiger partial charge in [-0.2, -0.15) is 0 Å². The molecule has 1 atom stereocenters. The van der Waals surface area contributed by atoms with E-state index in [1.54, 1.807) is 6.26 Å². The summed E-state index contributed by atoms with van der Waals surface area (Å²) in [6.07, 6.45) is 2.61. The minimum absolute atomic E-state index is 0.151. The molecule has 17 heavy (non-hydrogen) atoms. The Kier molecular flexibility index (Phi) is 3.00. The molecule has 92 valence electrons. The lowest BCUT2D eigenvalue weighted by Crippen LogP contribution is -2.19. The Morgan fingerprint density at radius 1 is 1.29 bits per heavy atom. The molecule has 0 amide bonds. The minimum atomic E-state index is 0.151. The summed E-state index contributed by atoms with van der Waals surface area (Å²) in [5.74, 6) is 0. The molecule has 2 aromatic rings. The van der Waals surface area contributed by atoms with Gasteiger partial charge in [0.2, 0.25) is 0 Å². The number of nitrogens with two attached hydrogens (primary N) is 1. The van der Waals surface area contributed by atoms with Crippen LogP contribution in [0, 0.1) is 0 Å². The van der Waals surface area contributed by atoms with Crippen LogP contribution in [0.4, 0.5) is 0 Å². The van der Waals surface area contributed by atoms with Crippen LogP contribution in [0.15, 0.2) is 28.9 Å². The van der Waals surface area contributed by atoms with Gasteiger partial charge >= 0.3 is 0 Å². The zero-order chi connectivity index (χ0) is 12.6. The van der Waals surface area contributed by atoms with Crippen LogP contribution < -0.4 is 5.73 Å². The summed E-state index contributed by atoms with van der Waals surface area (Å²) in [6.45, 7) is 8.70. The van der Waals surface area contributed by atoms with Crippen LogP contribution in [0.2, 0.25) is 0 Å². The van der Waals surface area contributed by atoms with E-state index in [0.29, 0.717) is 0 Å². The highest BCUT2D eigenvalue weighted by atomic mass is 16.3. The average molecular weight is 231 g/mol. The summed E-state index contributed by atoms with van der Waals surface area (Å²) >= 11 is 0. The third kappa shape index (κ3) is 2.52. The molecule has 2 N–H and O–H groups in total. The predicted molar refractivity (Wildman–Crippen MR) is 72.3 cm³/mol. The summed E-state index contributed by atoms with van der Waals surface area (Å²) in [5.41, 5.74) is 9.58. The first kappa shape index (κ1) is 12.2. The van der Waals surface area contributed by atoms with Gasteiger partial charge in [-0.15, -0.1) is 0 Å². The van der Waals surface area contributed by atoms with Crippen LogP contribution in [-0.4, -0.2) is 6.04 Å². The van der Waals surface area contributed by atoms with Gasteiger partial charge in [-0.3, -0.25) is 0 Å². The summed E-state index contributed by atoms with van der Waals surface area (Å²) in [7, 11) is 0. The smallest absolute Gasteiger partial charge is 0.137 e. The monoisotopic (exact) mass is 231 g/mol. The van der Waals surface area contributed by atoms with E-state index in [-0.39, 0.29) is 11.5 Å². The third-order valence-corrected chi connectivity index (χ3v) is 3.04. The van der Waals surface area contributed by atoms with Crippen molar-refractivity contribution in [3.63, 3.8) is 0 Å². The second-order valence-electron chi connectivity index (χ2n) is 5.91. The first-order valence-corrected chi connectivity index (χ1v) is 6.14. The maximum absolute atomic E-state index is 5.90. The maximum atomic E-state index is 5.90. The molecule has 0 aliphatic rings. The summed E-state index contributed by atoms with van der Waals surface area (Å²) in [5, 5.41) is 1.17. The van der Waals surface area contributed by atoms with Crippen LogP contribution in [-0.2, 0) is 11.8 Å². The van der Waals surface area contributed by atoms with Crippen molar-refractivity contribution in [2.75, 3.05) is 0 Å². The summed E-state index contributed by atoms with van der Waals surface area (Å²) < 4.78 is 5.56. The van der Waals surface area contributed by atoms with Crippen molar-refractivity contribution < 1.29 is 4.42 Å². The topological polar surface area (TPSA) is 39.2 Å². The molecule has 1 aromatic heterocycles. The fraction of sp³-hybridized carbons (Fsp3) is 0.467. The van der Waals surface area contributed by atoms with E-state index in [9.17, 15) is 0 Å². The van der Waals surface area contributed by atoms with Gasteiger partial charge in [0.15, 0.2) is 0 Å². The lowest BCUT2D eigenvalue weighted by molar-refractivity contribution is 0.584. The molecule has 0 saturated carbocycles. The number of benzene rings is 1. The Labute approximate surface area is 103 Å². The number of furan rings is 1. The SMILES string of the molecule is CC(N)Cc1cc(C(C)(C)C)cc2ccoc12. The van der Waals surface area contributed by atoms with Crippen LogP contribution in [0.5, 0.6) is 0 Å². The van der Waals surface area contributed by atoms with Crippen molar-refractivity contribution in [1.29, 1.82) is 0 Å². The molecule has 0 aliphatic heterocycles. The first-order chi connectivity index (χ1) is 7.88. The maximum Gasteiger partial charge on any atom is 0.137 e. The second-order valence-corrected chi connectivity index (χ2v) is 5.91. The van der Waals surface area contributed by atoms with Crippen molar-refractivity contribution in [2.45, 2.75) is 45.6 Å². The van der Waals surface area contributed by atoms with Gasteiger partial charge in [-0.05, 0) is 42.0 Å². The van der Waals surface area contributed by atoms with Gasteiger partial charge in [-0.1, -0.05) is 26.8 Å². The number of fused-ring (bicyclic) bond motifs is 1. The molecule has 0 fully saturated rings. The summed E-state index contributed by atoms with van der Waals surface area (Å²) in [6, 6.07) is 6.62. The van der Waals surface area contributed by atoms with E-state index < -0.39 is 0 Å². The van der Waals surface area contributed by atoms with E-state index in [1.807, 2.05) is 13.0 Å². The van der Waals surface area contributed by atoms with Gasteiger partial charge in [-0.25, -0.2) is 0 Å². The molecular formula is C15H21NO. The van der Waals surface area contributed by atoms with Crippen molar-refractivity contribution in [2.24, 2.45) is 5.73 Å². The molecule has 0 spiro atoms. The van der Waals surface area contributed by atoms with Crippen LogP contribution in [0.25, 0.3) is 11.0 Å². The normalized spacial score (nSPS) is 14.2. The molecule has 2 nitrogen and oxygen atoms in total.